The van der Waals surface area contributed by atoms with Gasteiger partial charge in [0.2, 0.25) is 5.91 Å². The lowest BCUT2D eigenvalue weighted by Crippen LogP contribution is -2.17. The number of methoxy groups -OCH3 is 1. The average molecular weight is 364 g/mol. The van der Waals surface area contributed by atoms with Gasteiger partial charge in [0, 0.05) is 16.3 Å². The van der Waals surface area contributed by atoms with Crippen molar-refractivity contribution < 1.29 is 18.7 Å². The number of ether oxygens (including phenoxy) is 1. The second kappa shape index (κ2) is 7.64. The van der Waals surface area contributed by atoms with E-state index in [0.29, 0.717) is 15.8 Å². The van der Waals surface area contributed by atoms with Gasteiger partial charge in [-0.15, -0.1) is 11.8 Å². The molecule has 1 aromatic carbocycles. The van der Waals surface area contributed by atoms with Crippen LogP contribution in [0.25, 0.3) is 0 Å². The van der Waals surface area contributed by atoms with Crippen LogP contribution in [0.5, 0.6) is 0 Å². The van der Waals surface area contributed by atoms with Gasteiger partial charge < -0.3 is 10.1 Å². The van der Waals surface area contributed by atoms with Crippen LogP contribution in [-0.2, 0) is 14.3 Å². The van der Waals surface area contributed by atoms with Gasteiger partial charge in [-0.25, -0.2) is 4.39 Å². The van der Waals surface area contributed by atoms with Crippen molar-refractivity contribution in [2.75, 3.05) is 12.4 Å². The molecule has 0 heterocycles. The molecule has 1 atom stereocenters. The maximum Gasteiger partial charge on any atom is 0.319 e. The Kier molecular flexibility index (Phi) is 6.48. The van der Waals surface area contributed by atoms with Crippen molar-refractivity contribution >= 4 is 45.3 Å². The highest BCUT2D eigenvalue weighted by atomic mass is 79.9. The predicted molar refractivity (Wildman–Crippen MR) is 80.4 cm³/mol. The van der Waals surface area contributed by atoms with E-state index in [2.05, 4.69) is 21.2 Å². The molecule has 20 heavy (non-hydrogen) atoms. The Morgan fingerprint density at radius 3 is 2.65 bits per heavy atom. The van der Waals surface area contributed by atoms with Gasteiger partial charge in [-0.1, -0.05) is 6.92 Å². The summed E-state index contributed by atoms with van der Waals surface area (Å²) >= 11 is 4.51. The summed E-state index contributed by atoms with van der Waals surface area (Å²) in [7, 11) is 1.33. The first-order valence-corrected chi connectivity index (χ1v) is 7.57. The Morgan fingerprint density at radius 1 is 1.50 bits per heavy atom. The molecule has 0 bridgehead atoms. The zero-order valence-corrected chi connectivity index (χ0v) is 13.7. The zero-order chi connectivity index (χ0) is 15.3. The summed E-state index contributed by atoms with van der Waals surface area (Å²) in [6.45, 7) is 3.17. The molecule has 0 aliphatic carbocycles. The third kappa shape index (κ3) is 4.49. The van der Waals surface area contributed by atoms with E-state index in [1.54, 1.807) is 0 Å². The minimum Gasteiger partial charge on any atom is -0.468 e. The molecule has 1 rings (SSSR count). The third-order valence-electron chi connectivity index (χ3n) is 2.44. The van der Waals surface area contributed by atoms with Crippen molar-refractivity contribution in [1.82, 2.24) is 0 Å². The van der Waals surface area contributed by atoms with Crippen LogP contribution in [0.1, 0.15) is 20.3 Å². The monoisotopic (exact) mass is 363 g/mol. The molecule has 0 saturated carbocycles. The standard InChI is InChI=1S/C13H15BrFNO3S/c1-4-11(13(18)19-3)20-12-6-10(16-7(2)17)9(15)5-8(12)14/h5-6,11H,4H2,1-3H3,(H,16,17). The van der Waals surface area contributed by atoms with E-state index in [9.17, 15) is 14.0 Å². The number of thioether (sulfide) groups is 1. The van der Waals surface area contributed by atoms with E-state index in [1.807, 2.05) is 6.92 Å². The Hall–Kier alpha value is -1.08. The summed E-state index contributed by atoms with van der Waals surface area (Å²) in [4.78, 5) is 23.3. The molecule has 1 unspecified atom stereocenters. The van der Waals surface area contributed by atoms with Crippen LogP contribution in [0.3, 0.4) is 0 Å². The topological polar surface area (TPSA) is 55.4 Å². The number of amides is 1. The van der Waals surface area contributed by atoms with Crippen LogP contribution in [0, 0.1) is 5.82 Å². The SMILES string of the molecule is CCC(Sc1cc(NC(C)=O)c(F)cc1Br)C(=O)OC. The number of rotatable bonds is 5. The summed E-state index contributed by atoms with van der Waals surface area (Å²) in [5, 5.41) is 2.03. The maximum absolute atomic E-state index is 13.7. The van der Waals surface area contributed by atoms with Gasteiger partial charge in [-0.05, 0) is 34.5 Å². The molecule has 7 heteroatoms. The number of carbonyl (C=O) groups excluding carboxylic acids is 2. The molecule has 0 aliphatic heterocycles. The minimum atomic E-state index is -0.539. The number of halogens is 2. The lowest BCUT2D eigenvalue weighted by molar-refractivity contribution is -0.140. The second-order valence-electron chi connectivity index (χ2n) is 3.98. The highest BCUT2D eigenvalue weighted by molar-refractivity contribution is 9.10. The Bertz CT molecular complexity index is 525. The Balaban J connectivity index is 3.05. The summed E-state index contributed by atoms with van der Waals surface area (Å²) in [5.74, 6) is -1.24. The van der Waals surface area contributed by atoms with Crippen molar-refractivity contribution in [1.29, 1.82) is 0 Å². The fourth-order valence-corrected chi connectivity index (χ4v) is 3.11. The van der Waals surface area contributed by atoms with Crippen molar-refractivity contribution in [2.24, 2.45) is 0 Å². The smallest absolute Gasteiger partial charge is 0.319 e. The molecular formula is C13H15BrFNO3S. The first kappa shape index (κ1) is 17.0. The number of benzene rings is 1. The molecule has 0 aliphatic rings. The zero-order valence-electron chi connectivity index (χ0n) is 11.3. The molecule has 1 N–H and O–H groups in total. The van der Waals surface area contributed by atoms with Gasteiger partial charge in [0.1, 0.15) is 11.1 Å². The van der Waals surface area contributed by atoms with E-state index in [0.717, 1.165) is 0 Å². The van der Waals surface area contributed by atoms with Gasteiger partial charge in [0.25, 0.3) is 0 Å². The molecule has 110 valence electrons. The van der Waals surface area contributed by atoms with Crippen molar-refractivity contribution in [3.63, 3.8) is 0 Å². The van der Waals surface area contributed by atoms with Crippen LogP contribution < -0.4 is 5.32 Å². The molecule has 1 aromatic rings. The van der Waals surface area contributed by atoms with Crippen LogP contribution in [0.4, 0.5) is 10.1 Å². The fourth-order valence-electron chi connectivity index (χ4n) is 1.49. The van der Waals surface area contributed by atoms with E-state index in [1.165, 1.54) is 37.9 Å². The van der Waals surface area contributed by atoms with E-state index in [-0.39, 0.29) is 22.8 Å². The number of nitrogens with one attached hydrogen (secondary N) is 1. The molecule has 0 fully saturated rings. The Labute approximate surface area is 129 Å². The lowest BCUT2D eigenvalue weighted by Gasteiger charge is -2.14. The van der Waals surface area contributed by atoms with Gasteiger partial charge in [0.15, 0.2) is 0 Å². The van der Waals surface area contributed by atoms with Crippen molar-refractivity contribution in [2.45, 2.75) is 30.4 Å². The van der Waals surface area contributed by atoms with Crippen molar-refractivity contribution in [3.8, 4) is 0 Å². The first-order chi connectivity index (χ1) is 9.38. The number of esters is 1. The van der Waals surface area contributed by atoms with Gasteiger partial charge >= 0.3 is 5.97 Å². The molecular weight excluding hydrogens is 349 g/mol. The van der Waals surface area contributed by atoms with Crippen LogP contribution in [-0.4, -0.2) is 24.2 Å². The van der Waals surface area contributed by atoms with E-state index >= 15 is 0 Å². The van der Waals surface area contributed by atoms with E-state index in [4.69, 9.17) is 4.74 Å². The molecule has 4 nitrogen and oxygen atoms in total. The normalized spacial score (nSPS) is 11.8. The quantitative estimate of drug-likeness (QED) is 0.641. The molecule has 0 radical (unpaired) electrons. The second-order valence-corrected chi connectivity index (χ2v) is 6.08. The number of hydrogen-bond acceptors (Lipinski definition) is 4. The number of anilines is 1. The number of carbonyl (C=O) groups is 2. The minimum absolute atomic E-state index is 0.0860. The van der Waals surface area contributed by atoms with Crippen LogP contribution >= 0.6 is 27.7 Å². The fraction of sp³-hybridized carbons (Fsp3) is 0.385. The van der Waals surface area contributed by atoms with Crippen LogP contribution in [0.2, 0.25) is 0 Å². The highest BCUT2D eigenvalue weighted by Gasteiger charge is 2.20. The first-order valence-electron chi connectivity index (χ1n) is 5.90. The van der Waals surface area contributed by atoms with Gasteiger partial charge in [0.05, 0.1) is 12.8 Å². The third-order valence-corrected chi connectivity index (χ3v) is 4.76. The molecule has 1 amide bonds. The summed E-state index contributed by atoms with van der Waals surface area (Å²) in [6, 6.07) is 2.76. The van der Waals surface area contributed by atoms with E-state index < -0.39 is 5.82 Å². The van der Waals surface area contributed by atoms with Crippen LogP contribution in [0.15, 0.2) is 21.5 Å². The number of hydrogen-bond donors (Lipinski definition) is 1. The molecule has 0 spiro atoms. The maximum atomic E-state index is 13.7. The van der Waals surface area contributed by atoms with Gasteiger partial charge in [-0.3, -0.25) is 9.59 Å². The average Bonchev–Trinajstić information content (AvgIpc) is 2.39. The summed E-state index contributed by atoms with van der Waals surface area (Å²) < 4.78 is 18.9. The van der Waals surface area contributed by atoms with Crippen molar-refractivity contribution in [3.05, 3.63) is 22.4 Å². The summed E-state index contributed by atoms with van der Waals surface area (Å²) in [5.41, 5.74) is 0.0860. The molecule has 0 saturated heterocycles. The largest absolute Gasteiger partial charge is 0.468 e. The molecule has 0 aromatic heterocycles. The lowest BCUT2D eigenvalue weighted by atomic mass is 10.3. The predicted octanol–water partition coefficient (Wildman–Crippen LogP) is 3.59. The van der Waals surface area contributed by atoms with Gasteiger partial charge in [-0.2, -0.15) is 0 Å². The Morgan fingerprint density at radius 2 is 2.15 bits per heavy atom. The summed E-state index contributed by atoms with van der Waals surface area (Å²) in [6.07, 6.45) is 0.580. The highest BCUT2D eigenvalue weighted by Crippen LogP contribution is 2.35.